The van der Waals surface area contributed by atoms with E-state index in [2.05, 4.69) is 23.3 Å². The molecule has 0 amide bonds. The molecule has 4 nitrogen and oxygen atoms in total. The van der Waals surface area contributed by atoms with Crippen molar-refractivity contribution in [3.05, 3.63) is 60.1 Å². The summed E-state index contributed by atoms with van der Waals surface area (Å²) in [6.07, 6.45) is 2.42. The summed E-state index contributed by atoms with van der Waals surface area (Å²) >= 11 is 0. The molecule has 0 aliphatic carbocycles. The molecular formula is C16H15N3O. The normalized spacial score (nSPS) is 19.5. The lowest BCUT2D eigenvalue weighted by atomic mass is 10.0. The lowest BCUT2D eigenvalue weighted by Crippen LogP contribution is -2.23. The number of nitrogens with zero attached hydrogens (tertiary/aromatic N) is 3. The Morgan fingerprint density at radius 3 is 2.75 bits per heavy atom. The first-order valence-corrected chi connectivity index (χ1v) is 6.60. The summed E-state index contributed by atoms with van der Waals surface area (Å²) in [6.45, 7) is 1.99. The quantitative estimate of drug-likeness (QED) is 0.850. The van der Waals surface area contributed by atoms with Gasteiger partial charge < -0.3 is 4.42 Å². The summed E-state index contributed by atoms with van der Waals surface area (Å²) in [7, 11) is 0. The molecule has 20 heavy (non-hydrogen) atoms. The second-order valence-electron chi connectivity index (χ2n) is 4.89. The van der Waals surface area contributed by atoms with Gasteiger partial charge in [0, 0.05) is 12.1 Å². The van der Waals surface area contributed by atoms with Crippen LogP contribution in [0.2, 0.25) is 0 Å². The first kappa shape index (κ1) is 12.5. The monoisotopic (exact) mass is 265 g/mol. The fourth-order valence-corrected chi connectivity index (χ4v) is 2.56. The largest absolute Gasteiger partial charge is 0.466 e. The van der Waals surface area contributed by atoms with Crippen LogP contribution in [0.15, 0.2) is 58.2 Å². The van der Waals surface area contributed by atoms with Gasteiger partial charge in [0.05, 0.1) is 18.4 Å². The molecule has 0 bridgehead atoms. The van der Waals surface area contributed by atoms with Crippen LogP contribution in [0.3, 0.4) is 0 Å². The number of hydrogen-bond acceptors (Lipinski definition) is 4. The Morgan fingerprint density at radius 1 is 1.30 bits per heavy atom. The summed E-state index contributed by atoms with van der Waals surface area (Å²) in [5.74, 6) is 0.631. The lowest BCUT2D eigenvalue weighted by Gasteiger charge is -2.26. The fraction of sp³-hybridized carbons (Fsp3) is 0.250. The fourth-order valence-electron chi connectivity index (χ4n) is 2.56. The maximum absolute atomic E-state index is 9.49. The first-order valence-electron chi connectivity index (χ1n) is 6.60. The van der Waals surface area contributed by atoms with Gasteiger partial charge in [0.15, 0.2) is 6.04 Å². The van der Waals surface area contributed by atoms with Gasteiger partial charge in [-0.3, -0.25) is 5.01 Å². The van der Waals surface area contributed by atoms with Gasteiger partial charge in [0.2, 0.25) is 0 Å². The third kappa shape index (κ3) is 2.19. The van der Waals surface area contributed by atoms with Gasteiger partial charge in [-0.05, 0) is 24.6 Å². The molecule has 2 atom stereocenters. The van der Waals surface area contributed by atoms with E-state index in [1.165, 1.54) is 5.56 Å². The van der Waals surface area contributed by atoms with Gasteiger partial charge in [0.25, 0.3) is 0 Å². The first-order chi connectivity index (χ1) is 9.79. The SMILES string of the molecule is CC1=NN([C@H](C#N)c2ccco2)[C@@H](c2ccccc2)C1. The molecule has 1 aromatic carbocycles. The molecule has 3 rings (SSSR count). The molecule has 1 aliphatic rings. The number of hydrogen-bond donors (Lipinski definition) is 0. The number of rotatable bonds is 3. The Bertz CT molecular complexity index is 640. The van der Waals surface area contributed by atoms with Gasteiger partial charge >= 0.3 is 0 Å². The van der Waals surface area contributed by atoms with Crippen LogP contribution in [0.1, 0.15) is 36.8 Å². The Hall–Kier alpha value is -2.54. The lowest BCUT2D eigenvalue weighted by molar-refractivity contribution is 0.178. The molecule has 0 unspecified atom stereocenters. The second-order valence-corrected chi connectivity index (χ2v) is 4.89. The van der Waals surface area contributed by atoms with Crippen molar-refractivity contribution in [2.45, 2.75) is 25.4 Å². The van der Waals surface area contributed by atoms with Crippen molar-refractivity contribution in [2.75, 3.05) is 0 Å². The van der Waals surface area contributed by atoms with E-state index >= 15 is 0 Å². The van der Waals surface area contributed by atoms with Crippen LogP contribution in [0, 0.1) is 11.3 Å². The number of benzene rings is 1. The van der Waals surface area contributed by atoms with Gasteiger partial charge in [-0.25, -0.2) is 0 Å². The van der Waals surface area contributed by atoms with Crippen LogP contribution in [-0.4, -0.2) is 10.7 Å². The van der Waals surface area contributed by atoms with Gasteiger partial charge in [-0.15, -0.1) is 0 Å². The molecule has 2 aromatic rings. The summed E-state index contributed by atoms with van der Waals surface area (Å²) < 4.78 is 5.38. The molecule has 2 heterocycles. The van der Waals surface area contributed by atoms with E-state index in [1.807, 2.05) is 36.2 Å². The molecule has 0 radical (unpaired) electrons. The zero-order valence-corrected chi connectivity index (χ0v) is 11.2. The highest BCUT2D eigenvalue weighted by Gasteiger charge is 2.33. The van der Waals surface area contributed by atoms with E-state index in [-0.39, 0.29) is 6.04 Å². The van der Waals surface area contributed by atoms with Crippen LogP contribution in [0.25, 0.3) is 0 Å². The minimum atomic E-state index is -0.493. The Balaban J connectivity index is 1.95. The third-order valence-electron chi connectivity index (χ3n) is 3.48. The van der Waals surface area contributed by atoms with Crippen LogP contribution < -0.4 is 0 Å². The minimum Gasteiger partial charge on any atom is -0.466 e. The summed E-state index contributed by atoms with van der Waals surface area (Å²) in [6, 6.07) is 15.7. The summed E-state index contributed by atoms with van der Waals surface area (Å²) in [4.78, 5) is 0. The summed E-state index contributed by atoms with van der Waals surface area (Å²) in [5.41, 5.74) is 2.20. The number of nitriles is 1. The average molecular weight is 265 g/mol. The highest BCUT2D eigenvalue weighted by atomic mass is 16.3. The highest BCUT2D eigenvalue weighted by Crippen LogP contribution is 2.37. The van der Waals surface area contributed by atoms with Crippen molar-refractivity contribution in [1.82, 2.24) is 5.01 Å². The highest BCUT2D eigenvalue weighted by molar-refractivity contribution is 5.83. The standard InChI is InChI=1S/C16H15N3O/c1-12-10-14(13-6-3-2-4-7-13)19(18-12)15(11-17)16-8-5-9-20-16/h2-9,14-15H,10H2,1H3/t14-,15-/m1/s1. The molecule has 0 fully saturated rings. The van der Waals surface area contributed by atoms with E-state index in [4.69, 9.17) is 4.42 Å². The average Bonchev–Trinajstić information content (AvgIpc) is 3.11. The third-order valence-corrected chi connectivity index (χ3v) is 3.48. The van der Waals surface area contributed by atoms with Crippen molar-refractivity contribution in [3.8, 4) is 6.07 Å². The Morgan fingerprint density at radius 2 is 2.10 bits per heavy atom. The Labute approximate surface area is 117 Å². The molecule has 4 heteroatoms. The van der Waals surface area contributed by atoms with E-state index in [0.29, 0.717) is 5.76 Å². The molecule has 0 saturated heterocycles. The smallest absolute Gasteiger partial charge is 0.191 e. The predicted octanol–water partition coefficient (Wildman–Crippen LogP) is 3.67. The zero-order chi connectivity index (χ0) is 13.9. The van der Waals surface area contributed by atoms with Crippen molar-refractivity contribution in [3.63, 3.8) is 0 Å². The Kier molecular flexibility index (Phi) is 3.26. The molecule has 100 valence electrons. The number of furan rings is 1. The molecule has 1 aromatic heterocycles. The van der Waals surface area contributed by atoms with Crippen LogP contribution in [-0.2, 0) is 0 Å². The summed E-state index contributed by atoms with van der Waals surface area (Å²) in [5, 5.41) is 15.9. The molecule has 1 aliphatic heterocycles. The van der Waals surface area contributed by atoms with E-state index in [9.17, 15) is 5.26 Å². The van der Waals surface area contributed by atoms with Crippen molar-refractivity contribution in [1.29, 1.82) is 5.26 Å². The van der Waals surface area contributed by atoms with Crippen LogP contribution in [0.5, 0.6) is 0 Å². The van der Waals surface area contributed by atoms with Crippen molar-refractivity contribution >= 4 is 5.71 Å². The van der Waals surface area contributed by atoms with Gasteiger partial charge in [-0.2, -0.15) is 10.4 Å². The topological polar surface area (TPSA) is 52.5 Å². The minimum absolute atomic E-state index is 0.0888. The van der Waals surface area contributed by atoms with E-state index in [0.717, 1.165) is 12.1 Å². The maximum Gasteiger partial charge on any atom is 0.191 e. The van der Waals surface area contributed by atoms with Crippen LogP contribution >= 0.6 is 0 Å². The molecule has 0 N–H and O–H groups in total. The van der Waals surface area contributed by atoms with Crippen molar-refractivity contribution < 1.29 is 4.42 Å². The van der Waals surface area contributed by atoms with E-state index < -0.39 is 6.04 Å². The second kappa shape index (κ2) is 5.22. The number of hydrazone groups is 1. The van der Waals surface area contributed by atoms with E-state index in [1.54, 1.807) is 12.3 Å². The van der Waals surface area contributed by atoms with Crippen molar-refractivity contribution in [2.24, 2.45) is 5.10 Å². The zero-order valence-electron chi connectivity index (χ0n) is 11.2. The molecular weight excluding hydrogens is 250 g/mol. The van der Waals surface area contributed by atoms with Gasteiger partial charge in [-0.1, -0.05) is 30.3 Å². The van der Waals surface area contributed by atoms with Crippen LogP contribution in [0.4, 0.5) is 0 Å². The molecule has 0 saturated carbocycles. The maximum atomic E-state index is 9.49. The molecule has 0 spiro atoms. The van der Waals surface area contributed by atoms with Gasteiger partial charge in [0.1, 0.15) is 5.76 Å². The predicted molar refractivity (Wildman–Crippen MR) is 75.8 cm³/mol.